The monoisotopic (exact) mass is 535 g/mol. The highest BCUT2D eigenvalue weighted by molar-refractivity contribution is 7.92. The summed E-state index contributed by atoms with van der Waals surface area (Å²) in [4.78, 5) is 8.38. The van der Waals surface area contributed by atoms with Gasteiger partial charge in [0.25, 0.3) is 15.9 Å². The van der Waals surface area contributed by atoms with E-state index in [1.807, 2.05) is 4.57 Å². The fourth-order valence-electron chi connectivity index (χ4n) is 3.74. The summed E-state index contributed by atoms with van der Waals surface area (Å²) in [6.07, 6.45) is 3.39. The molecule has 2 heterocycles. The second kappa shape index (κ2) is 10.3. The normalized spacial score (nSPS) is 11.3. The van der Waals surface area contributed by atoms with Gasteiger partial charge in [-0.15, -0.1) is 0 Å². The Morgan fingerprint density at radius 1 is 1.00 bits per heavy atom. The van der Waals surface area contributed by atoms with E-state index in [0.29, 0.717) is 40.8 Å². The summed E-state index contributed by atoms with van der Waals surface area (Å²) in [7, 11) is -0.936. The molecular formula is C26H22FN5O5S. The lowest BCUT2D eigenvalue weighted by Crippen LogP contribution is -2.14. The van der Waals surface area contributed by atoms with E-state index in [1.165, 1.54) is 18.2 Å². The van der Waals surface area contributed by atoms with Crippen molar-refractivity contribution in [2.75, 3.05) is 18.9 Å². The van der Waals surface area contributed by atoms with Gasteiger partial charge in [0.2, 0.25) is 5.82 Å². The van der Waals surface area contributed by atoms with Crippen LogP contribution in [0.2, 0.25) is 0 Å². The van der Waals surface area contributed by atoms with Crippen LogP contribution in [-0.2, 0) is 16.6 Å². The molecule has 0 unspecified atom stereocenters. The van der Waals surface area contributed by atoms with Gasteiger partial charge in [-0.25, -0.2) is 17.8 Å². The molecule has 12 heteroatoms. The fraction of sp³-hybridized carbons (Fsp3) is 0.115. The number of sulfonamides is 1. The molecule has 0 aliphatic carbocycles. The number of halogens is 1. The summed E-state index contributed by atoms with van der Waals surface area (Å²) in [6.45, 7) is 0.462. The fourth-order valence-corrected chi connectivity index (χ4v) is 4.88. The zero-order valence-corrected chi connectivity index (χ0v) is 21.1. The minimum atomic E-state index is -4.05. The lowest BCUT2D eigenvalue weighted by molar-refractivity contribution is 0.355. The van der Waals surface area contributed by atoms with Crippen LogP contribution in [0.5, 0.6) is 11.5 Å². The SMILES string of the molecule is COc1ccc(-c2noc(-c3cn(Cc4ccc(NS(=O)(=O)c5ccccc5F)cc4)cn3)n2)cc1OC. The number of methoxy groups -OCH3 is 2. The molecule has 0 aliphatic rings. The van der Waals surface area contributed by atoms with Crippen LogP contribution in [0.1, 0.15) is 5.56 Å². The number of anilines is 1. The summed E-state index contributed by atoms with van der Waals surface area (Å²) in [5.41, 5.74) is 2.40. The van der Waals surface area contributed by atoms with Crippen molar-refractivity contribution in [1.29, 1.82) is 0 Å². The van der Waals surface area contributed by atoms with Gasteiger partial charge in [0, 0.05) is 24.0 Å². The maximum atomic E-state index is 13.9. The average molecular weight is 536 g/mol. The Morgan fingerprint density at radius 3 is 2.50 bits per heavy atom. The van der Waals surface area contributed by atoms with Gasteiger partial charge in [0.1, 0.15) is 16.4 Å². The van der Waals surface area contributed by atoms with E-state index in [4.69, 9.17) is 14.0 Å². The molecular weight excluding hydrogens is 513 g/mol. The Kier molecular flexibility index (Phi) is 6.79. The minimum absolute atomic E-state index is 0.256. The number of imidazole rings is 1. The number of nitrogens with zero attached hydrogens (tertiary/aromatic N) is 4. The second-order valence-electron chi connectivity index (χ2n) is 8.16. The van der Waals surface area contributed by atoms with E-state index < -0.39 is 20.7 Å². The van der Waals surface area contributed by atoms with E-state index in [0.717, 1.165) is 11.6 Å². The van der Waals surface area contributed by atoms with Gasteiger partial charge in [0.15, 0.2) is 11.5 Å². The number of hydrogen-bond donors (Lipinski definition) is 1. The van der Waals surface area contributed by atoms with Crippen LogP contribution in [0.3, 0.4) is 0 Å². The summed E-state index contributed by atoms with van der Waals surface area (Å²) >= 11 is 0. The molecule has 0 saturated carbocycles. The van der Waals surface area contributed by atoms with E-state index in [9.17, 15) is 12.8 Å². The number of rotatable bonds is 9. The van der Waals surface area contributed by atoms with Crippen molar-refractivity contribution in [2.24, 2.45) is 0 Å². The molecule has 194 valence electrons. The zero-order chi connectivity index (χ0) is 26.7. The van der Waals surface area contributed by atoms with Crippen molar-refractivity contribution < 1.29 is 26.8 Å². The van der Waals surface area contributed by atoms with E-state index in [1.54, 1.807) is 69.2 Å². The average Bonchev–Trinajstić information content (AvgIpc) is 3.59. The van der Waals surface area contributed by atoms with Gasteiger partial charge in [-0.05, 0) is 48.0 Å². The standard InChI is InChI=1S/C26H22FN5O5S/c1-35-22-12-9-18(13-23(22)36-2)25-29-26(37-30-25)21-15-32(16-28-21)14-17-7-10-19(11-8-17)31-38(33,34)24-6-4-3-5-20(24)27/h3-13,15-16,31H,14H2,1-2H3. The van der Waals surface area contributed by atoms with Crippen molar-refractivity contribution in [3.8, 4) is 34.5 Å². The molecule has 0 spiro atoms. The van der Waals surface area contributed by atoms with Gasteiger partial charge in [-0.2, -0.15) is 4.98 Å². The minimum Gasteiger partial charge on any atom is -0.493 e. The van der Waals surface area contributed by atoms with Crippen molar-refractivity contribution in [2.45, 2.75) is 11.4 Å². The third-order valence-corrected chi connectivity index (χ3v) is 7.03. The molecule has 0 atom stereocenters. The highest BCUT2D eigenvalue weighted by Gasteiger charge is 2.19. The predicted molar refractivity (Wildman–Crippen MR) is 137 cm³/mol. The van der Waals surface area contributed by atoms with Crippen LogP contribution in [0, 0.1) is 5.82 Å². The molecule has 0 radical (unpaired) electrons. The Hall–Kier alpha value is -4.71. The van der Waals surface area contributed by atoms with Crippen molar-refractivity contribution >= 4 is 15.7 Å². The molecule has 0 aliphatic heterocycles. The molecule has 1 N–H and O–H groups in total. The lowest BCUT2D eigenvalue weighted by Gasteiger charge is -2.10. The largest absolute Gasteiger partial charge is 0.493 e. The van der Waals surface area contributed by atoms with Gasteiger partial charge < -0.3 is 18.6 Å². The summed E-state index contributed by atoms with van der Waals surface area (Å²) < 4.78 is 59.1. The Balaban J connectivity index is 1.27. The summed E-state index contributed by atoms with van der Waals surface area (Å²) in [5.74, 6) is 0.959. The Morgan fingerprint density at radius 2 is 1.76 bits per heavy atom. The first kappa shape index (κ1) is 25.0. The van der Waals surface area contributed by atoms with Crippen LogP contribution in [0.15, 0.2) is 88.7 Å². The number of hydrogen-bond acceptors (Lipinski definition) is 8. The third kappa shape index (κ3) is 5.20. The van der Waals surface area contributed by atoms with Crippen LogP contribution in [0.25, 0.3) is 23.0 Å². The number of benzene rings is 3. The molecule has 0 saturated heterocycles. The van der Waals surface area contributed by atoms with Crippen LogP contribution in [0.4, 0.5) is 10.1 Å². The molecule has 3 aromatic carbocycles. The maximum absolute atomic E-state index is 13.9. The van der Waals surface area contributed by atoms with E-state index >= 15 is 0 Å². The van der Waals surface area contributed by atoms with Crippen LogP contribution >= 0.6 is 0 Å². The molecule has 5 rings (SSSR count). The Bertz CT molecular complexity index is 1680. The highest BCUT2D eigenvalue weighted by atomic mass is 32.2. The van der Waals surface area contributed by atoms with Gasteiger partial charge >= 0.3 is 0 Å². The smallest absolute Gasteiger partial charge is 0.278 e. The lowest BCUT2D eigenvalue weighted by atomic mass is 10.2. The first-order valence-corrected chi connectivity index (χ1v) is 12.8. The number of aromatic nitrogens is 4. The number of nitrogens with one attached hydrogen (secondary N) is 1. The van der Waals surface area contributed by atoms with E-state index in [-0.39, 0.29) is 5.89 Å². The summed E-state index contributed by atoms with van der Waals surface area (Å²) in [6, 6.07) is 17.3. The van der Waals surface area contributed by atoms with Gasteiger partial charge in [-0.1, -0.05) is 29.4 Å². The highest BCUT2D eigenvalue weighted by Crippen LogP contribution is 2.32. The first-order valence-electron chi connectivity index (χ1n) is 11.3. The number of ether oxygens (including phenoxy) is 2. The molecule has 2 aromatic heterocycles. The van der Waals surface area contributed by atoms with Crippen LogP contribution in [-0.4, -0.2) is 42.3 Å². The maximum Gasteiger partial charge on any atom is 0.278 e. The molecule has 0 bridgehead atoms. The van der Waals surface area contributed by atoms with Crippen LogP contribution < -0.4 is 14.2 Å². The van der Waals surface area contributed by atoms with E-state index in [2.05, 4.69) is 19.8 Å². The van der Waals surface area contributed by atoms with Crippen molar-refractivity contribution in [1.82, 2.24) is 19.7 Å². The predicted octanol–water partition coefficient (Wildman–Crippen LogP) is 4.61. The second-order valence-corrected chi connectivity index (χ2v) is 9.81. The Labute approximate surface area is 217 Å². The van der Waals surface area contributed by atoms with Crippen molar-refractivity contribution in [3.63, 3.8) is 0 Å². The first-order chi connectivity index (χ1) is 18.4. The topological polar surface area (TPSA) is 121 Å². The molecule has 10 nitrogen and oxygen atoms in total. The molecule has 38 heavy (non-hydrogen) atoms. The zero-order valence-electron chi connectivity index (χ0n) is 20.3. The van der Waals surface area contributed by atoms with Gasteiger partial charge in [-0.3, -0.25) is 4.72 Å². The molecule has 5 aromatic rings. The van der Waals surface area contributed by atoms with Crippen molar-refractivity contribution in [3.05, 3.63) is 90.6 Å². The molecule has 0 fully saturated rings. The van der Waals surface area contributed by atoms with Gasteiger partial charge in [0.05, 0.1) is 20.5 Å². The quantitative estimate of drug-likeness (QED) is 0.291. The molecule has 0 amide bonds. The third-order valence-electron chi connectivity index (χ3n) is 5.62. The summed E-state index contributed by atoms with van der Waals surface area (Å²) in [5, 5.41) is 4.04.